The Labute approximate surface area is 134 Å². The molecule has 0 saturated heterocycles. The van der Waals surface area contributed by atoms with E-state index in [2.05, 4.69) is 20.4 Å². The Hall–Kier alpha value is -3.10. The molecule has 0 unspecified atom stereocenters. The summed E-state index contributed by atoms with van der Waals surface area (Å²) in [5.41, 5.74) is 0.235. The molecule has 2 aromatic heterocycles. The maximum Gasteiger partial charge on any atom is 0.277 e. The minimum Gasteiger partial charge on any atom is -0.324 e. The number of carbonyl (C=O) groups is 1. The summed E-state index contributed by atoms with van der Waals surface area (Å²) >= 11 is 0. The van der Waals surface area contributed by atoms with Crippen LogP contribution in [0.3, 0.4) is 0 Å². The fourth-order valence-electron chi connectivity index (χ4n) is 2.33. The molecule has 0 atom stereocenters. The summed E-state index contributed by atoms with van der Waals surface area (Å²) in [5, 5.41) is 4.92. The van der Waals surface area contributed by atoms with Crippen LogP contribution in [0.2, 0.25) is 0 Å². The van der Waals surface area contributed by atoms with Crippen LogP contribution in [0.15, 0.2) is 29.3 Å². The summed E-state index contributed by atoms with van der Waals surface area (Å²) in [7, 11) is 0. The number of halogens is 2. The van der Waals surface area contributed by atoms with Gasteiger partial charge < -0.3 is 5.32 Å². The van der Waals surface area contributed by atoms with Crippen molar-refractivity contribution in [3.05, 3.63) is 57.8 Å². The molecule has 0 aliphatic carbocycles. The van der Waals surface area contributed by atoms with E-state index in [9.17, 15) is 18.4 Å². The van der Waals surface area contributed by atoms with Gasteiger partial charge in [0.25, 0.3) is 11.3 Å². The molecule has 0 fully saturated rings. The molecular weight excluding hydrogens is 320 g/mol. The van der Waals surface area contributed by atoms with Crippen LogP contribution in [0.1, 0.15) is 17.7 Å². The van der Waals surface area contributed by atoms with Gasteiger partial charge in [-0.15, -0.1) is 0 Å². The lowest BCUT2D eigenvalue weighted by Crippen LogP contribution is -2.23. The van der Waals surface area contributed by atoms with Crippen LogP contribution >= 0.6 is 0 Å². The molecule has 1 amide bonds. The molecule has 9 heteroatoms. The highest BCUT2D eigenvalue weighted by Crippen LogP contribution is 2.15. The number of amides is 1. The van der Waals surface area contributed by atoms with Crippen LogP contribution in [0.5, 0.6) is 0 Å². The summed E-state index contributed by atoms with van der Waals surface area (Å²) in [6, 6.07) is 2.78. The van der Waals surface area contributed by atoms with Crippen molar-refractivity contribution in [2.24, 2.45) is 0 Å². The van der Waals surface area contributed by atoms with Gasteiger partial charge in [-0.05, 0) is 25.5 Å². The molecule has 0 aliphatic rings. The largest absolute Gasteiger partial charge is 0.324 e. The second kappa shape index (κ2) is 6.19. The van der Waals surface area contributed by atoms with Gasteiger partial charge in [-0.1, -0.05) is 0 Å². The summed E-state index contributed by atoms with van der Waals surface area (Å²) in [6.45, 7) is 1.65. The maximum absolute atomic E-state index is 13.5. The number of nitrogens with zero attached hydrogens (tertiary/aromatic N) is 3. The van der Waals surface area contributed by atoms with Gasteiger partial charge in [0.15, 0.2) is 0 Å². The molecular formula is C15H13F2N5O2. The Bertz CT molecular complexity index is 980. The highest BCUT2D eigenvalue weighted by atomic mass is 19.1. The zero-order chi connectivity index (χ0) is 17.3. The molecule has 0 spiro atoms. The lowest BCUT2D eigenvalue weighted by Gasteiger charge is -2.07. The van der Waals surface area contributed by atoms with Gasteiger partial charge in [0.2, 0.25) is 5.91 Å². The summed E-state index contributed by atoms with van der Waals surface area (Å²) in [5.74, 6) is -1.68. The van der Waals surface area contributed by atoms with Gasteiger partial charge in [0, 0.05) is 18.1 Å². The Morgan fingerprint density at radius 2 is 2.17 bits per heavy atom. The van der Waals surface area contributed by atoms with E-state index in [1.165, 1.54) is 10.8 Å². The Balaban J connectivity index is 1.75. The van der Waals surface area contributed by atoms with Gasteiger partial charge in [0.1, 0.15) is 18.0 Å². The number of aromatic nitrogens is 4. The molecule has 2 heterocycles. The average Bonchev–Trinajstić information content (AvgIpc) is 2.99. The van der Waals surface area contributed by atoms with Gasteiger partial charge in [-0.25, -0.2) is 18.7 Å². The van der Waals surface area contributed by atoms with Crippen molar-refractivity contribution in [3.8, 4) is 0 Å². The Morgan fingerprint density at radius 3 is 2.96 bits per heavy atom. The normalized spacial score (nSPS) is 11.0. The number of anilines is 1. The number of aromatic amines is 1. The monoisotopic (exact) mass is 333 g/mol. The molecule has 0 radical (unpaired) electrons. The smallest absolute Gasteiger partial charge is 0.277 e. The van der Waals surface area contributed by atoms with Gasteiger partial charge in [0.05, 0.1) is 11.4 Å². The molecule has 3 aromatic rings. The van der Waals surface area contributed by atoms with E-state index in [0.717, 1.165) is 18.2 Å². The van der Waals surface area contributed by atoms with Gasteiger partial charge in [-0.2, -0.15) is 4.52 Å². The van der Waals surface area contributed by atoms with E-state index >= 15 is 0 Å². The second-order valence-corrected chi connectivity index (χ2v) is 5.18. The maximum atomic E-state index is 13.5. The molecule has 0 bridgehead atoms. The predicted molar refractivity (Wildman–Crippen MR) is 81.7 cm³/mol. The highest BCUT2D eigenvalue weighted by Gasteiger charge is 2.14. The minimum atomic E-state index is -0.735. The lowest BCUT2D eigenvalue weighted by molar-refractivity contribution is -0.116. The molecule has 2 N–H and O–H groups in total. The van der Waals surface area contributed by atoms with Crippen molar-refractivity contribution in [2.45, 2.75) is 19.8 Å². The summed E-state index contributed by atoms with van der Waals surface area (Å²) < 4.78 is 27.8. The van der Waals surface area contributed by atoms with Crippen LogP contribution in [-0.4, -0.2) is 25.5 Å². The topological polar surface area (TPSA) is 92.2 Å². The van der Waals surface area contributed by atoms with Crippen LogP contribution < -0.4 is 10.9 Å². The zero-order valence-corrected chi connectivity index (χ0v) is 12.6. The number of benzene rings is 1. The lowest BCUT2D eigenvalue weighted by atomic mass is 10.1. The van der Waals surface area contributed by atoms with Crippen molar-refractivity contribution in [3.63, 3.8) is 0 Å². The van der Waals surface area contributed by atoms with Gasteiger partial charge in [-0.3, -0.25) is 14.7 Å². The van der Waals surface area contributed by atoms with E-state index in [1.807, 2.05) is 0 Å². The standard InChI is InChI=1S/C15H13F2N5O2/c1-8-10(14(24)22-15(20-8)18-7-19-22)3-5-13(23)21-12-6-9(16)2-4-11(12)17/h2,4,6-7H,3,5H2,1H3,(H,21,23)(H,18,19,20). The molecule has 0 saturated carbocycles. The Morgan fingerprint density at radius 1 is 1.38 bits per heavy atom. The first-order valence-corrected chi connectivity index (χ1v) is 7.12. The van der Waals surface area contributed by atoms with Crippen LogP contribution in [0.4, 0.5) is 14.5 Å². The third-order valence-electron chi connectivity index (χ3n) is 3.54. The molecule has 1 aromatic carbocycles. The first kappa shape index (κ1) is 15.8. The van der Waals surface area contributed by atoms with Crippen molar-refractivity contribution in [2.75, 3.05) is 5.32 Å². The fourth-order valence-corrected chi connectivity index (χ4v) is 2.33. The first-order valence-electron chi connectivity index (χ1n) is 7.12. The SMILES string of the molecule is Cc1nc2nc[nH]n2c(=O)c1CCC(=O)Nc1cc(F)ccc1F. The first-order chi connectivity index (χ1) is 11.5. The number of hydrogen-bond acceptors (Lipinski definition) is 4. The van der Waals surface area contributed by atoms with E-state index in [0.29, 0.717) is 11.3 Å². The van der Waals surface area contributed by atoms with E-state index in [-0.39, 0.29) is 29.9 Å². The fraction of sp³-hybridized carbons (Fsp3) is 0.200. The molecule has 7 nitrogen and oxygen atoms in total. The third-order valence-corrected chi connectivity index (χ3v) is 3.54. The van der Waals surface area contributed by atoms with E-state index < -0.39 is 17.5 Å². The molecule has 24 heavy (non-hydrogen) atoms. The zero-order valence-electron chi connectivity index (χ0n) is 12.6. The number of carbonyl (C=O) groups excluding carboxylic acids is 1. The minimum absolute atomic E-state index is 0.0755. The number of nitrogens with one attached hydrogen (secondary N) is 2. The highest BCUT2D eigenvalue weighted by molar-refractivity contribution is 5.90. The summed E-state index contributed by atoms with van der Waals surface area (Å²) in [4.78, 5) is 32.3. The number of H-pyrrole nitrogens is 1. The van der Waals surface area contributed by atoms with Crippen molar-refractivity contribution in [1.82, 2.24) is 19.6 Å². The Kier molecular flexibility index (Phi) is 4.07. The molecule has 124 valence electrons. The second-order valence-electron chi connectivity index (χ2n) is 5.18. The average molecular weight is 333 g/mol. The van der Waals surface area contributed by atoms with Crippen molar-refractivity contribution in [1.29, 1.82) is 0 Å². The van der Waals surface area contributed by atoms with E-state index in [4.69, 9.17) is 0 Å². The van der Waals surface area contributed by atoms with Crippen molar-refractivity contribution < 1.29 is 13.6 Å². The van der Waals surface area contributed by atoms with Crippen LogP contribution in [0.25, 0.3) is 5.78 Å². The quantitative estimate of drug-likeness (QED) is 0.758. The number of fused-ring (bicyclic) bond motifs is 1. The number of rotatable bonds is 4. The number of aryl methyl sites for hydroxylation is 1. The van der Waals surface area contributed by atoms with E-state index in [1.54, 1.807) is 6.92 Å². The van der Waals surface area contributed by atoms with Gasteiger partial charge >= 0.3 is 0 Å². The summed E-state index contributed by atoms with van der Waals surface area (Å²) in [6.07, 6.45) is 1.38. The molecule has 0 aliphatic heterocycles. The van der Waals surface area contributed by atoms with Crippen molar-refractivity contribution >= 4 is 17.4 Å². The predicted octanol–water partition coefficient (Wildman–Crippen LogP) is 1.58. The number of hydrogen-bond donors (Lipinski definition) is 2. The van der Waals surface area contributed by atoms with Crippen LogP contribution in [0, 0.1) is 18.6 Å². The molecule has 3 rings (SSSR count). The third kappa shape index (κ3) is 3.00. The van der Waals surface area contributed by atoms with Crippen LogP contribution in [-0.2, 0) is 11.2 Å².